The summed E-state index contributed by atoms with van der Waals surface area (Å²) in [4.78, 5) is 4.61. The molecule has 4 heteroatoms. The standard InChI is InChI=1S/C14H17ClN2S/c1-14(2)7-6-9(8-14)16-13-17-11-5-3-4-10(15)12(11)18-13/h3-5,9H,6-8H2,1-2H3,(H,16,17). The molecular formula is C14H17ClN2S. The third kappa shape index (κ3) is 2.34. The highest BCUT2D eigenvalue weighted by atomic mass is 35.5. The largest absolute Gasteiger partial charge is 0.359 e. The molecule has 1 atom stereocenters. The van der Waals surface area contributed by atoms with E-state index in [0.29, 0.717) is 11.5 Å². The number of aromatic nitrogens is 1. The van der Waals surface area contributed by atoms with E-state index in [4.69, 9.17) is 11.6 Å². The summed E-state index contributed by atoms with van der Waals surface area (Å²) in [5.41, 5.74) is 1.46. The Hall–Kier alpha value is -0.800. The van der Waals surface area contributed by atoms with Crippen molar-refractivity contribution in [2.75, 3.05) is 5.32 Å². The van der Waals surface area contributed by atoms with Crippen molar-refractivity contribution in [1.82, 2.24) is 4.98 Å². The average Bonchev–Trinajstić information content (AvgIpc) is 2.83. The van der Waals surface area contributed by atoms with Gasteiger partial charge in [0, 0.05) is 6.04 Å². The summed E-state index contributed by atoms with van der Waals surface area (Å²) in [5, 5.41) is 5.36. The predicted molar refractivity (Wildman–Crippen MR) is 79.7 cm³/mol. The van der Waals surface area contributed by atoms with E-state index in [2.05, 4.69) is 24.1 Å². The minimum absolute atomic E-state index is 0.464. The van der Waals surface area contributed by atoms with E-state index in [0.717, 1.165) is 20.4 Å². The maximum Gasteiger partial charge on any atom is 0.184 e. The highest BCUT2D eigenvalue weighted by molar-refractivity contribution is 7.22. The third-order valence-electron chi connectivity index (χ3n) is 3.66. The van der Waals surface area contributed by atoms with Crippen molar-refractivity contribution in [3.63, 3.8) is 0 Å². The number of hydrogen-bond donors (Lipinski definition) is 1. The fourth-order valence-corrected chi connectivity index (χ4v) is 3.94. The van der Waals surface area contributed by atoms with E-state index in [9.17, 15) is 0 Å². The van der Waals surface area contributed by atoms with Gasteiger partial charge in [-0.1, -0.05) is 42.9 Å². The molecule has 1 aromatic heterocycles. The molecule has 1 aliphatic rings. The van der Waals surface area contributed by atoms with Gasteiger partial charge in [0.1, 0.15) is 0 Å². The molecule has 1 N–H and O–H groups in total. The van der Waals surface area contributed by atoms with Crippen LogP contribution in [0.25, 0.3) is 10.2 Å². The van der Waals surface area contributed by atoms with Gasteiger partial charge in [-0.3, -0.25) is 0 Å². The molecule has 1 aromatic carbocycles. The number of anilines is 1. The van der Waals surface area contributed by atoms with E-state index >= 15 is 0 Å². The summed E-state index contributed by atoms with van der Waals surface area (Å²) >= 11 is 7.83. The molecule has 18 heavy (non-hydrogen) atoms. The Morgan fingerprint density at radius 2 is 2.28 bits per heavy atom. The maximum absolute atomic E-state index is 6.17. The van der Waals surface area contributed by atoms with Crippen LogP contribution in [-0.4, -0.2) is 11.0 Å². The number of benzene rings is 1. The minimum atomic E-state index is 0.464. The maximum atomic E-state index is 6.17. The molecule has 2 aromatic rings. The monoisotopic (exact) mass is 280 g/mol. The van der Waals surface area contributed by atoms with Gasteiger partial charge in [0.25, 0.3) is 0 Å². The fraction of sp³-hybridized carbons (Fsp3) is 0.500. The van der Waals surface area contributed by atoms with E-state index in [1.165, 1.54) is 19.3 Å². The first-order valence-electron chi connectivity index (χ1n) is 6.35. The van der Waals surface area contributed by atoms with Crippen LogP contribution in [-0.2, 0) is 0 Å². The number of hydrogen-bond acceptors (Lipinski definition) is 3. The zero-order chi connectivity index (χ0) is 12.8. The summed E-state index contributed by atoms with van der Waals surface area (Å²) in [7, 11) is 0. The summed E-state index contributed by atoms with van der Waals surface area (Å²) in [5.74, 6) is 0. The van der Waals surface area contributed by atoms with Gasteiger partial charge in [0.05, 0.1) is 15.2 Å². The van der Waals surface area contributed by atoms with Gasteiger partial charge >= 0.3 is 0 Å². The topological polar surface area (TPSA) is 24.9 Å². The summed E-state index contributed by atoms with van der Waals surface area (Å²) in [6.07, 6.45) is 3.74. The predicted octanol–water partition coefficient (Wildman–Crippen LogP) is 4.94. The molecule has 0 saturated heterocycles. The van der Waals surface area contributed by atoms with Gasteiger partial charge < -0.3 is 5.32 Å². The number of thiazole rings is 1. The first-order valence-corrected chi connectivity index (χ1v) is 7.55. The summed E-state index contributed by atoms with van der Waals surface area (Å²) in [6, 6.07) is 6.44. The van der Waals surface area contributed by atoms with Crippen LogP contribution < -0.4 is 5.32 Å². The Morgan fingerprint density at radius 3 is 2.94 bits per heavy atom. The molecule has 1 fully saturated rings. The molecule has 0 aliphatic heterocycles. The van der Waals surface area contributed by atoms with Crippen LogP contribution in [0.5, 0.6) is 0 Å². The quantitative estimate of drug-likeness (QED) is 0.843. The number of nitrogens with one attached hydrogen (secondary N) is 1. The normalized spacial score (nSPS) is 22.5. The molecule has 3 rings (SSSR count). The average molecular weight is 281 g/mol. The highest BCUT2D eigenvalue weighted by Gasteiger charge is 2.31. The molecule has 96 valence electrons. The smallest absolute Gasteiger partial charge is 0.184 e. The minimum Gasteiger partial charge on any atom is -0.359 e. The van der Waals surface area contributed by atoms with Crippen LogP contribution in [0.4, 0.5) is 5.13 Å². The molecule has 1 heterocycles. The zero-order valence-corrected chi connectivity index (χ0v) is 12.2. The summed E-state index contributed by atoms with van der Waals surface area (Å²) < 4.78 is 1.08. The van der Waals surface area contributed by atoms with Crippen LogP contribution in [0.2, 0.25) is 5.02 Å². The van der Waals surface area contributed by atoms with Crippen molar-refractivity contribution >= 4 is 38.3 Å². The highest BCUT2D eigenvalue weighted by Crippen LogP contribution is 2.39. The number of rotatable bonds is 2. The molecule has 2 nitrogen and oxygen atoms in total. The van der Waals surface area contributed by atoms with E-state index in [-0.39, 0.29) is 0 Å². The van der Waals surface area contributed by atoms with Crippen LogP contribution in [0.3, 0.4) is 0 Å². The third-order valence-corrected chi connectivity index (χ3v) is 5.13. The van der Waals surface area contributed by atoms with E-state index < -0.39 is 0 Å². The lowest BCUT2D eigenvalue weighted by atomic mass is 9.92. The molecule has 1 saturated carbocycles. The Labute approximate surface area is 116 Å². The van der Waals surface area contributed by atoms with Gasteiger partial charge in [0.2, 0.25) is 0 Å². The van der Waals surface area contributed by atoms with Crippen molar-refractivity contribution in [1.29, 1.82) is 0 Å². The van der Waals surface area contributed by atoms with Gasteiger partial charge in [-0.25, -0.2) is 4.98 Å². The van der Waals surface area contributed by atoms with Gasteiger partial charge in [0.15, 0.2) is 5.13 Å². The first-order chi connectivity index (χ1) is 8.53. The van der Waals surface area contributed by atoms with E-state index in [1.807, 2.05) is 18.2 Å². The summed E-state index contributed by atoms with van der Waals surface area (Å²) in [6.45, 7) is 4.67. The molecular weight excluding hydrogens is 264 g/mol. The van der Waals surface area contributed by atoms with Crippen LogP contribution in [0, 0.1) is 5.41 Å². The first kappa shape index (κ1) is 12.2. The van der Waals surface area contributed by atoms with E-state index in [1.54, 1.807) is 11.3 Å². The van der Waals surface area contributed by atoms with Gasteiger partial charge in [-0.2, -0.15) is 0 Å². The van der Waals surface area contributed by atoms with Crippen molar-refractivity contribution in [3.05, 3.63) is 23.2 Å². The van der Waals surface area contributed by atoms with Crippen molar-refractivity contribution in [2.45, 2.75) is 39.2 Å². The zero-order valence-electron chi connectivity index (χ0n) is 10.7. The Bertz CT molecular complexity index is 576. The van der Waals surface area contributed by atoms with Crippen molar-refractivity contribution < 1.29 is 0 Å². The van der Waals surface area contributed by atoms with Gasteiger partial charge in [-0.05, 0) is 36.8 Å². The molecule has 1 aliphatic carbocycles. The Kier molecular flexibility index (Phi) is 2.99. The van der Waals surface area contributed by atoms with Crippen LogP contribution >= 0.6 is 22.9 Å². The number of nitrogens with zero attached hydrogens (tertiary/aromatic N) is 1. The number of fused-ring (bicyclic) bond motifs is 1. The SMILES string of the molecule is CC1(C)CCC(Nc2nc3cccc(Cl)c3s2)C1. The van der Waals surface area contributed by atoms with Gasteiger partial charge in [-0.15, -0.1) is 0 Å². The number of halogens is 1. The lowest BCUT2D eigenvalue weighted by Gasteiger charge is -2.17. The Balaban J connectivity index is 1.81. The van der Waals surface area contributed by atoms with Crippen molar-refractivity contribution in [2.24, 2.45) is 5.41 Å². The van der Waals surface area contributed by atoms with Crippen LogP contribution in [0.1, 0.15) is 33.1 Å². The second kappa shape index (κ2) is 4.39. The second-order valence-corrected chi connectivity index (χ2v) is 7.26. The van der Waals surface area contributed by atoms with Crippen LogP contribution in [0.15, 0.2) is 18.2 Å². The molecule has 0 spiro atoms. The lowest BCUT2D eigenvalue weighted by molar-refractivity contribution is 0.378. The second-order valence-electron chi connectivity index (χ2n) is 5.86. The fourth-order valence-electron chi connectivity index (χ4n) is 2.71. The Morgan fingerprint density at radius 1 is 1.44 bits per heavy atom. The van der Waals surface area contributed by atoms with Crippen molar-refractivity contribution in [3.8, 4) is 0 Å². The lowest BCUT2D eigenvalue weighted by Crippen LogP contribution is -2.17. The molecule has 1 unspecified atom stereocenters. The molecule has 0 bridgehead atoms. The molecule has 0 amide bonds. The molecule has 0 radical (unpaired) electrons.